The minimum Gasteiger partial charge on any atom is -0.370 e. The molecule has 7 heteroatoms. The number of guanidine groups is 2. The summed E-state index contributed by atoms with van der Waals surface area (Å²) >= 11 is 0. The average molecular weight is 269 g/mol. The Bertz CT molecular complexity index is 325. The van der Waals surface area contributed by atoms with Crippen molar-refractivity contribution in [3.8, 4) is 0 Å². The maximum Gasteiger partial charge on any atom is 0.218 e. The van der Waals surface area contributed by atoms with Gasteiger partial charge >= 0.3 is 0 Å². The van der Waals surface area contributed by atoms with Crippen molar-refractivity contribution < 1.29 is 0 Å². The number of aliphatic imine (C=N–C) groups is 2. The lowest BCUT2D eigenvalue weighted by atomic mass is 10.0. The van der Waals surface area contributed by atoms with Crippen molar-refractivity contribution in [2.45, 2.75) is 19.9 Å². The lowest BCUT2D eigenvalue weighted by Crippen LogP contribution is -2.51. The summed E-state index contributed by atoms with van der Waals surface area (Å²) in [5, 5.41) is 0. The number of nitrogens with two attached hydrogens (primary N) is 3. The summed E-state index contributed by atoms with van der Waals surface area (Å²) in [4.78, 5) is 12.8. The summed E-state index contributed by atoms with van der Waals surface area (Å²) in [7, 11) is 2.15. The highest BCUT2D eigenvalue weighted by Gasteiger charge is 2.24. The number of rotatable bonds is 4. The first-order chi connectivity index (χ1) is 8.90. The van der Waals surface area contributed by atoms with E-state index >= 15 is 0 Å². The molecule has 0 aliphatic carbocycles. The second-order valence-corrected chi connectivity index (χ2v) is 5.39. The average Bonchev–Trinajstić information content (AvgIpc) is 2.30. The molecule has 1 aliphatic heterocycles. The molecule has 0 amide bonds. The van der Waals surface area contributed by atoms with Gasteiger partial charge in [-0.3, -0.25) is 4.90 Å². The van der Waals surface area contributed by atoms with Gasteiger partial charge in [0.25, 0.3) is 0 Å². The Kier molecular flexibility index (Phi) is 6.04. The van der Waals surface area contributed by atoms with Crippen LogP contribution in [0.2, 0.25) is 0 Å². The molecule has 1 aliphatic rings. The van der Waals surface area contributed by atoms with E-state index in [1.807, 2.05) is 0 Å². The predicted octanol–water partition coefficient (Wildman–Crippen LogP) is -1.15. The summed E-state index contributed by atoms with van der Waals surface area (Å²) in [6.07, 6.45) is 0. The molecule has 1 rings (SSSR count). The zero-order valence-corrected chi connectivity index (χ0v) is 12.2. The van der Waals surface area contributed by atoms with Crippen molar-refractivity contribution in [1.29, 1.82) is 0 Å². The molecule has 19 heavy (non-hydrogen) atoms. The van der Waals surface area contributed by atoms with Crippen LogP contribution in [0.15, 0.2) is 9.98 Å². The molecule has 1 saturated heterocycles. The molecule has 0 saturated carbocycles. The van der Waals surface area contributed by atoms with Crippen molar-refractivity contribution >= 4 is 11.9 Å². The predicted molar refractivity (Wildman–Crippen MR) is 80.0 cm³/mol. The van der Waals surface area contributed by atoms with Crippen LogP contribution in [0.3, 0.4) is 0 Å². The lowest BCUT2D eigenvalue weighted by molar-refractivity contribution is 0.0926. The molecule has 0 aromatic heterocycles. The van der Waals surface area contributed by atoms with Gasteiger partial charge in [-0.2, -0.15) is 4.99 Å². The van der Waals surface area contributed by atoms with Crippen LogP contribution in [0.4, 0.5) is 0 Å². The monoisotopic (exact) mass is 269 g/mol. The van der Waals surface area contributed by atoms with E-state index in [1.165, 1.54) is 0 Å². The van der Waals surface area contributed by atoms with E-state index in [9.17, 15) is 0 Å². The Labute approximate surface area is 115 Å². The fraction of sp³-hybridized carbons (Fsp3) is 0.833. The van der Waals surface area contributed by atoms with Gasteiger partial charge in [0.05, 0.1) is 6.54 Å². The quantitative estimate of drug-likeness (QED) is 0.441. The fourth-order valence-corrected chi connectivity index (χ4v) is 2.26. The van der Waals surface area contributed by atoms with Crippen LogP contribution in [-0.4, -0.2) is 67.5 Å². The fourth-order valence-electron chi connectivity index (χ4n) is 2.26. The number of nitrogens with zero attached hydrogens (tertiary/aromatic N) is 4. The summed E-state index contributed by atoms with van der Waals surface area (Å²) in [5.41, 5.74) is 16.2. The first kappa shape index (κ1) is 15.7. The van der Waals surface area contributed by atoms with E-state index in [0.29, 0.717) is 18.5 Å². The molecule has 6 N–H and O–H groups in total. The molecular weight excluding hydrogens is 242 g/mol. The first-order valence-electron chi connectivity index (χ1n) is 6.72. The molecule has 110 valence electrons. The highest BCUT2D eigenvalue weighted by Crippen LogP contribution is 2.13. The topological polar surface area (TPSA) is 109 Å². The van der Waals surface area contributed by atoms with Gasteiger partial charge in [0, 0.05) is 32.2 Å². The molecule has 0 radical (unpaired) electrons. The van der Waals surface area contributed by atoms with E-state index < -0.39 is 0 Å². The second kappa shape index (κ2) is 7.30. The van der Waals surface area contributed by atoms with Crippen molar-refractivity contribution in [1.82, 2.24) is 9.80 Å². The minimum atomic E-state index is -0.0538. The van der Waals surface area contributed by atoms with Crippen molar-refractivity contribution in [2.24, 2.45) is 33.1 Å². The Morgan fingerprint density at radius 2 is 1.68 bits per heavy atom. The SMILES string of the molecule is CC(C)C(CN=C(N)N=C(N)N)N1CCN(C)CC1. The zero-order chi connectivity index (χ0) is 14.4. The number of piperazine rings is 1. The van der Waals surface area contributed by atoms with Crippen molar-refractivity contribution in [3.05, 3.63) is 0 Å². The highest BCUT2D eigenvalue weighted by atomic mass is 15.3. The van der Waals surface area contributed by atoms with Crippen LogP contribution >= 0.6 is 0 Å². The summed E-state index contributed by atoms with van der Waals surface area (Å²) in [6.45, 7) is 9.36. The molecule has 0 bridgehead atoms. The molecule has 7 nitrogen and oxygen atoms in total. The Morgan fingerprint density at radius 3 is 2.16 bits per heavy atom. The van der Waals surface area contributed by atoms with Crippen LogP contribution in [0.1, 0.15) is 13.8 Å². The number of hydrogen-bond donors (Lipinski definition) is 3. The van der Waals surface area contributed by atoms with Crippen LogP contribution in [-0.2, 0) is 0 Å². The molecule has 1 fully saturated rings. The molecule has 0 spiro atoms. The van der Waals surface area contributed by atoms with Crippen LogP contribution in [0.5, 0.6) is 0 Å². The second-order valence-electron chi connectivity index (χ2n) is 5.39. The largest absolute Gasteiger partial charge is 0.370 e. The Morgan fingerprint density at radius 1 is 1.11 bits per heavy atom. The van der Waals surface area contributed by atoms with Gasteiger partial charge in [0.2, 0.25) is 5.96 Å². The lowest BCUT2D eigenvalue weighted by Gasteiger charge is -2.39. The maximum absolute atomic E-state index is 5.65. The third-order valence-electron chi connectivity index (χ3n) is 3.46. The third kappa shape index (κ3) is 5.44. The molecule has 1 unspecified atom stereocenters. The maximum atomic E-state index is 5.65. The van der Waals surface area contributed by atoms with Gasteiger partial charge in [0.15, 0.2) is 5.96 Å². The molecule has 0 aromatic carbocycles. The summed E-state index contributed by atoms with van der Waals surface area (Å²) < 4.78 is 0. The van der Waals surface area contributed by atoms with Gasteiger partial charge in [-0.1, -0.05) is 13.8 Å². The molecule has 0 aromatic rings. The van der Waals surface area contributed by atoms with Crippen LogP contribution in [0.25, 0.3) is 0 Å². The standard InChI is InChI=1S/C12H27N7/c1-9(2)10(8-16-12(15)17-11(13)14)19-6-4-18(3)5-7-19/h9-10H,4-8H2,1-3H3,(H6,13,14,15,16,17). The number of hydrogen-bond acceptors (Lipinski definition) is 3. The zero-order valence-electron chi connectivity index (χ0n) is 12.2. The third-order valence-corrected chi connectivity index (χ3v) is 3.46. The summed E-state index contributed by atoms with van der Waals surface area (Å²) in [5.74, 6) is 0.612. The van der Waals surface area contributed by atoms with Gasteiger partial charge in [-0.15, -0.1) is 0 Å². The van der Waals surface area contributed by atoms with Crippen LogP contribution < -0.4 is 17.2 Å². The molecular formula is C12H27N7. The van der Waals surface area contributed by atoms with Gasteiger partial charge in [-0.05, 0) is 13.0 Å². The van der Waals surface area contributed by atoms with E-state index in [1.54, 1.807) is 0 Å². The van der Waals surface area contributed by atoms with Gasteiger partial charge < -0.3 is 22.1 Å². The van der Waals surface area contributed by atoms with E-state index in [0.717, 1.165) is 26.2 Å². The van der Waals surface area contributed by atoms with E-state index in [-0.39, 0.29) is 11.9 Å². The van der Waals surface area contributed by atoms with Crippen molar-refractivity contribution in [3.63, 3.8) is 0 Å². The normalized spacial score (nSPS) is 20.5. The summed E-state index contributed by atoms with van der Waals surface area (Å²) in [6, 6.07) is 0.376. The Balaban J connectivity index is 2.61. The minimum absolute atomic E-state index is 0.0538. The highest BCUT2D eigenvalue weighted by molar-refractivity contribution is 5.92. The van der Waals surface area contributed by atoms with Gasteiger partial charge in [0.1, 0.15) is 0 Å². The molecule has 1 atom stereocenters. The smallest absolute Gasteiger partial charge is 0.218 e. The number of likely N-dealkylation sites (N-methyl/N-ethyl adjacent to an activating group) is 1. The van der Waals surface area contributed by atoms with E-state index in [4.69, 9.17) is 17.2 Å². The van der Waals surface area contributed by atoms with E-state index in [2.05, 4.69) is 40.7 Å². The Hall–Kier alpha value is -1.34. The molecule has 1 heterocycles. The van der Waals surface area contributed by atoms with Gasteiger partial charge in [-0.25, -0.2) is 4.99 Å². The van der Waals surface area contributed by atoms with Crippen LogP contribution in [0, 0.1) is 5.92 Å². The first-order valence-corrected chi connectivity index (χ1v) is 6.72. The van der Waals surface area contributed by atoms with Crippen molar-refractivity contribution in [2.75, 3.05) is 39.8 Å².